The second kappa shape index (κ2) is 6.46. The van der Waals surface area contributed by atoms with Gasteiger partial charge in [0.25, 0.3) is 0 Å². The maximum Gasteiger partial charge on any atom is 0.167 e. The molecule has 0 amide bonds. The van der Waals surface area contributed by atoms with E-state index in [9.17, 15) is 20.4 Å². The molecule has 0 radical (unpaired) electrons. The van der Waals surface area contributed by atoms with Crippen molar-refractivity contribution < 1.29 is 25.2 Å². The van der Waals surface area contributed by atoms with Crippen LogP contribution in [-0.4, -0.2) is 77.0 Å². The van der Waals surface area contributed by atoms with Crippen molar-refractivity contribution in [3.63, 3.8) is 0 Å². The summed E-state index contributed by atoms with van der Waals surface area (Å²) in [4.78, 5) is 12.7. The molecule has 2 aliphatic rings. The molecular formula is C15H21N5O5. The zero-order valence-electron chi connectivity index (χ0n) is 13.4. The Morgan fingerprint density at radius 2 is 2.00 bits per heavy atom. The molecule has 0 bridgehead atoms. The minimum atomic E-state index is -1.21. The number of nitrogens with one attached hydrogen (secondary N) is 1. The van der Waals surface area contributed by atoms with Crippen LogP contribution in [0.5, 0.6) is 0 Å². The standard InChI is InChI=1S/C15H21N5O5/c21-4-9-11(23)12(24)15(25-9)20-6-18-10-13(16-5-17-14(10)20)19-7-2-1-3-8(7)22/h5-9,11-12,15,21-24H,1-4H2,(H,16,17,19)/t7?,8?,9-,11-,12+,15+/m1/s1. The molecule has 0 aromatic carbocycles. The highest BCUT2D eigenvalue weighted by Crippen LogP contribution is 2.32. The lowest BCUT2D eigenvalue weighted by Gasteiger charge is -2.18. The van der Waals surface area contributed by atoms with Crippen LogP contribution in [-0.2, 0) is 4.74 Å². The second-order valence-corrected chi connectivity index (χ2v) is 6.52. The van der Waals surface area contributed by atoms with E-state index < -0.39 is 37.3 Å². The monoisotopic (exact) mass is 351 g/mol. The smallest absolute Gasteiger partial charge is 0.167 e. The molecule has 2 aromatic rings. The number of hydrogen-bond donors (Lipinski definition) is 5. The molecule has 2 unspecified atom stereocenters. The molecule has 2 fully saturated rings. The summed E-state index contributed by atoms with van der Waals surface area (Å²) < 4.78 is 7.04. The number of hydrogen-bond acceptors (Lipinski definition) is 9. The van der Waals surface area contributed by atoms with Gasteiger partial charge in [-0.15, -0.1) is 0 Å². The van der Waals surface area contributed by atoms with Crippen LogP contribution in [0, 0.1) is 0 Å². The van der Waals surface area contributed by atoms with Gasteiger partial charge in [-0.3, -0.25) is 4.57 Å². The summed E-state index contributed by atoms with van der Waals surface area (Å²) in [6.07, 6.45) is 0.768. The third kappa shape index (κ3) is 2.75. The van der Waals surface area contributed by atoms with Crippen molar-refractivity contribution in [3.05, 3.63) is 12.7 Å². The van der Waals surface area contributed by atoms with Gasteiger partial charge in [0.15, 0.2) is 23.2 Å². The van der Waals surface area contributed by atoms with Crippen molar-refractivity contribution in [2.45, 2.75) is 55.9 Å². The Hall–Kier alpha value is -1.85. The van der Waals surface area contributed by atoms with Gasteiger partial charge in [-0.25, -0.2) is 15.0 Å². The highest BCUT2D eigenvalue weighted by atomic mass is 16.6. The largest absolute Gasteiger partial charge is 0.394 e. The maximum atomic E-state index is 10.2. The molecule has 1 aliphatic carbocycles. The fourth-order valence-electron chi connectivity index (χ4n) is 3.54. The Labute approximate surface area is 143 Å². The van der Waals surface area contributed by atoms with Crippen molar-refractivity contribution in [3.8, 4) is 0 Å². The highest BCUT2D eigenvalue weighted by molar-refractivity contribution is 5.82. The molecule has 10 nitrogen and oxygen atoms in total. The van der Waals surface area contributed by atoms with E-state index >= 15 is 0 Å². The minimum absolute atomic E-state index is 0.0860. The van der Waals surface area contributed by atoms with Crippen LogP contribution in [0.4, 0.5) is 5.82 Å². The number of fused-ring (bicyclic) bond motifs is 1. The lowest BCUT2D eigenvalue weighted by atomic mass is 10.1. The molecule has 136 valence electrons. The van der Waals surface area contributed by atoms with Crippen LogP contribution < -0.4 is 5.32 Å². The van der Waals surface area contributed by atoms with Gasteiger partial charge in [-0.1, -0.05) is 0 Å². The minimum Gasteiger partial charge on any atom is -0.394 e. The fraction of sp³-hybridized carbons (Fsp3) is 0.667. The first-order chi connectivity index (χ1) is 12.1. The summed E-state index contributed by atoms with van der Waals surface area (Å²) in [5, 5.41) is 42.6. The van der Waals surface area contributed by atoms with Crippen LogP contribution in [0.25, 0.3) is 11.2 Å². The normalized spacial score (nSPS) is 35.5. The zero-order valence-corrected chi connectivity index (χ0v) is 13.4. The van der Waals surface area contributed by atoms with E-state index in [0.717, 1.165) is 19.3 Å². The Morgan fingerprint density at radius 1 is 1.16 bits per heavy atom. The topological polar surface area (TPSA) is 146 Å². The molecule has 1 aliphatic heterocycles. The molecule has 5 N–H and O–H groups in total. The maximum absolute atomic E-state index is 10.2. The Balaban J connectivity index is 1.65. The van der Waals surface area contributed by atoms with Crippen molar-refractivity contribution in [2.24, 2.45) is 0 Å². The van der Waals surface area contributed by atoms with E-state index in [-0.39, 0.29) is 6.04 Å². The van der Waals surface area contributed by atoms with Gasteiger partial charge in [-0.05, 0) is 19.3 Å². The van der Waals surface area contributed by atoms with Gasteiger partial charge < -0.3 is 30.5 Å². The number of aliphatic hydroxyl groups excluding tert-OH is 4. The van der Waals surface area contributed by atoms with Crippen LogP contribution in [0.3, 0.4) is 0 Å². The van der Waals surface area contributed by atoms with Crippen molar-refractivity contribution in [1.82, 2.24) is 19.5 Å². The number of rotatable bonds is 4. The van der Waals surface area contributed by atoms with Gasteiger partial charge in [-0.2, -0.15) is 0 Å². The Bertz CT molecular complexity index is 755. The predicted octanol–water partition coefficient (Wildman–Crippen LogP) is -1.24. The van der Waals surface area contributed by atoms with Crippen molar-refractivity contribution in [2.75, 3.05) is 11.9 Å². The van der Waals surface area contributed by atoms with Gasteiger partial charge in [0.1, 0.15) is 24.6 Å². The highest BCUT2D eigenvalue weighted by Gasteiger charge is 2.44. The molecule has 25 heavy (non-hydrogen) atoms. The van der Waals surface area contributed by atoms with Gasteiger partial charge in [0, 0.05) is 0 Å². The van der Waals surface area contributed by atoms with E-state index in [1.54, 1.807) is 0 Å². The number of imidazole rings is 1. The van der Waals surface area contributed by atoms with Crippen LogP contribution >= 0.6 is 0 Å². The molecule has 4 rings (SSSR count). The Kier molecular flexibility index (Phi) is 4.29. The van der Waals surface area contributed by atoms with Gasteiger partial charge in [0.05, 0.1) is 25.1 Å². The van der Waals surface area contributed by atoms with Crippen LogP contribution in [0.15, 0.2) is 12.7 Å². The summed E-state index contributed by atoms with van der Waals surface area (Å²) in [6.45, 7) is -0.400. The van der Waals surface area contributed by atoms with Crippen LogP contribution in [0.1, 0.15) is 25.5 Å². The first-order valence-corrected chi connectivity index (χ1v) is 8.34. The lowest BCUT2D eigenvalue weighted by molar-refractivity contribution is -0.0511. The fourth-order valence-corrected chi connectivity index (χ4v) is 3.54. The zero-order chi connectivity index (χ0) is 17.6. The van der Waals surface area contributed by atoms with E-state index in [0.29, 0.717) is 17.0 Å². The number of aromatic nitrogens is 4. The number of aliphatic hydroxyl groups is 4. The lowest BCUT2D eigenvalue weighted by Crippen LogP contribution is -2.33. The van der Waals surface area contributed by atoms with Crippen molar-refractivity contribution in [1.29, 1.82) is 0 Å². The summed E-state index contributed by atoms with van der Waals surface area (Å²) in [5.74, 6) is 0.501. The average molecular weight is 351 g/mol. The molecule has 10 heteroatoms. The van der Waals surface area contributed by atoms with Crippen molar-refractivity contribution >= 4 is 17.0 Å². The van der Waals surface area contributed by atoms with E-state index in [1.807, 2.05) is 0 Å². The third-order valence-corrected chi connectivity index (χ3v) is 4.95. The number of anilines is 1. The first-order valence-electron chi connectivity index (χ1n) is 8.34. The van der Waals surface area contributed by atoms with E-state index in [1.165, 1.54) is 17.2 Å². The molecule has 3 heterocycles. The number of nitrogens with zero attached hydrogens (tertiary/aromatic N) is 4. The van der Waals surface area contributed by atoms with E-state index in [2.05, 4.69) is 20.3 Å². The summed E-state index contributed by atoms with van der Waals surface area (Å²) in [5.41, 5.74) is 0.916. The first kappa shape index (κ1) is 16.6. The van der Waals surface area contributed by atoms with E-state index in [4.69, 9.17) is 4.74 Å². The second-order valence-electron chi connectivity index (χ2n) is 6.52. The third-order valence-electron chi connectivity index (χ3n) is 4.95. The quantitative estimate of drug-likeness (QED) is 0.456. The summed E-state index contributed by atoms with van der Waals surface area (Å²) >= 11 is 0. The molecule has 6 atom stereocenters. The van der Waals surface area contributed by atoms with Gasteiger partial charge in [0.2, 0.25) is 0 Å². The molecule has 1 saturated heterocycles. The summed E-state index contributed by atoms with van der Waals surface area (Å²) in [7, 11) is 0. The summed E-state index contributed by atoms with van der Waals surface area (Å²) in [6, 6.07) is -0.0860. The Morgan fingerprint density at radius 3 is 2.68 bits per heavy atom. The average Bonchev–Trinajstić information content (AvgIpc) is 3.29. The molecule has 1 saturated carbocycles. The van der Waals surface area contributed by atoms with Gasteiger partial charge >= 0.3 is 0 Å². The molecular weight excluding hydrogens is 330 g/mol. The molecule has 0 spiro atoms. The number of ether oxygens (including phenoxy) is 1. The predicted molar refractivity (Wildman–Crippen MR) is 85.6 cm³/mol. The van der Waals surface area contributed by atoms with Crippen LogP contribution in [0.2, 0.25) is 0 Å². The molecule has 2 aromatic heterocycles. The SMILES string of the molecule is OC[C@H]1O[C@H](n2cnc3c(NC4CCCC4O)ncnc32)[C@@H](O)[C@@H]1O.